The maximum atomic E-state index is 12.5. The largest absolute Gasteiger partial charge is 0.295 e. The Morgan fingerprint density at radius 3 is 2.62 bits per heavy atom. The van der Waals surface area contributed by atoms with Crippen molar-refractivity contribution in [2.45, 2.75) is 33.6 Å². The molecule has 1 heteroatoms. The van der Waals surface area contributed by atoms with Crippen molar-refractivity contribution in [2.75, 3.05) is 0 Å². The minimum atomic E-state index is 0.116. The first-order chi connectivity index (χ1) is 9.99. The highest BCUT2D eigenvalue weighted by Crippen LogP contribution is 2.48. The van der Waals surface area contributed by atoms with Gasteiger partial charge in [-0.25, -0.2) is 0 Å². The molecule has 3 rings (SSSR count). The number of rotatable bonds is 2. The maximum absolute atomic E-state index is 12.5. The first-order valence-electron chi connectivity index (χ1n) is 7.93. The molecule has 0 unspecified atom stereocenters. The van der Waals surface area contributed by atoms with Crippen LogP contribution in [0.3, 0.4) is 0 Å². The smallest absolute Gasteiger partial charge is 0.159 e. The molecule has 21 heavy (non-hydrogen) atoms. The number of allylic oxidation sites excluding steroid dienone is 4. The maximum Gasteiger partial charge on any atom is 0.159 e. The third kappa shape index (κ3) is 2.62. The summed E-state index contributed by atoms with van der Waals surface area (Å²) in [7, 11) is 0. The lowest BCUT2D eigenvalue weighted by atomic mass is 9.57. The van der Waals surface area contributed by atoms with E-state index in [2.05, 4.69) is 57.2 Å². The summed E-state index contributed by atoms with van der Waals surface area (Å²) in [5, 5.41) is 0. The molecule has 0 heterocycles. The van der Waals surface area contributed by atoms with E-state index in [0.29, 0.717) is 17.6 Å². The fourth-order valence-corrected chi connectivity index (χ4v) is 4.03. The molecular formula is C20H24O. The van der Waals surface area contributed by atoms with Crippen LogP contribution in [0, 0.1) is 23.2 Å². The van der Waals surface area contributed by atoms with Crippen LogP contribution in [-0.2, 0) is 11.2 Å². The minimum Gasteiger partial charge on any atom is -0.295 e. The normalized spacial score (nSPS) is 30.7. The van der Waals surface area contributed by atoms with Crippen LogP contribution in [0.15, 0.2) is 54.1 Å². The molecule has 0 amide bonds. The van der Waals surface area contributed by atoms with Gasteiger partial charge < -0.3 is 0 Å². The molecule has 0 aliphatic heterocycles. The summed E-state index contributed by atoms with van der Waals surface area (Å²) >= 11 is 0. The first kappa shape index (κ1) is 14.3. The van der Waals surface area contributed by atoms with Gasteiger partial charge in [0, 0.05) is 5.92 Å². The van der Waals surface area contributed by atoms with E-state index in [0.717, 1.165) is 12.8 Å². The lowest BCUT2D eigenvalue weighted by Gasteiger charge is -2.45. The highest BCUT2D eigenvalue weighted by molar-refractivity contribution is 5.93. The van der Waals surface area contributed by atoms with Crippen LogP contribution >= 0.6 is 0 Å². The van der Waals surface area contributed by atoms with Gasteiger partial charge in [0.2, 0.25) is 0 Å². The van der Waals surface area contributed by atoms with Crippen LogP contribution in [0.2, 0.25) is 0 Å². The topological polar surface area (TPSA) is 17.1 Å². The van der Waals surface area contributed by atoms with E-state index in [1.165, 1.54) is 11.1 Å². The van der Waals surface area contributed by atoms with Crippen molar-refractivity contribution in [1.82, 2.24) is 0 Å². The van der Waals surface area contributed by atoms with Crippen molar-refractivity contribution in [3.8, 4) is 0 Å². The Hall–Kier alpha value is -1.63. The van der Waals surface area contributed by atoms with Crippen molar-refractivity contribution in [3.05, 3.63) is 59.7 Å². The van der Waals surface area contributed by atoms with Gasteiger partial charge in [-0.2, -0.15) is 0 Å². The zero-order valence-electron chi connectivity index (χ0n) is 13.2. The highest BCUT2D eigenvalue weighted by Gasteiger charge is 2.45. The minimum absolute atomic E-state index is 0.116. The monoisotopic (exact) mass is 280 g/mol. The molecule has 2 aliphatic rings. The molecule has 0 bridgehead atoms. The van der Waals surface area contributed by atoms with Gasteiger partial charge in [0.25, 0.3) is 0 Å². The van der Waals surface area contributed by atoms with E-state index < -0.39 is 0 Å². The van der Waals surface area contributed by atoms with E-state index in [4.69, 9.17) is 0 Å². The molecule has 0 saturated carbocycles. The molecule has 1 aromatic carbocycles. The SMILES string of the molecule is CC1=CC[C@@H]2[C@@H](C(=O)C=CC2(C)C)[C@H]1Cc1ccccc1. The number of fused-ring (bicyclic) bond motifs is 1. The fraction of sp³-hybridized carbons (Fsp3) is 0.450. The molecule has 0 fully saturated rings. The molecule has 110 valence electrons. The Morgan fingerprint density at radius 1 is 1.19 bits per heavy atom. The van der Waals surface area contributed by atoms with Gasteiger partial charge in [-0.3, -0.25) is 4.79 Å². The lowest BCUT2D eigenvalue weighted by molar-refractivity contribution is -0.124. The summed E-state index contributed by atoms with van der Waals surface area (Å²) in [5.74, 6) is 1.26. The van der Waals surface area contributed by atoms with Crippen LogP contribution in [0.25, 0.3) is 0 Å². The molecule has 1 aromatic rings. The number of benzene rings is 1. The lowest BCUT2D eigenvalue weighted by Crippen LogP contribution is -2.43. The molecule has 0 N–H and O–H groups in total. The van der Waals surface area contributed by atoms with E-state index in [-0.39, 0.29) is 11.3 Å². The van der Waals surface area contributed by atoms with Crippen LogP contribution in [0.5, 0.6) is 0 Å². The van der Waals surface area contributed by atoms with Crippen molar-refractivity contribution in [2.24, 2.45) is 23.2 Å². The average Bonchev–Trinajstić information content (AvgIpc) is 2.46. The second-order valence-corrected chi connectivity index (χ2v) is 7.17. The Labute approximate surface area is 127 Å². The van der Waals surface area contributed by atoms with Crippen molar-refractivity contribution >= 4 is 5.78 Å². The number of ketones is 1. The summed E-state index contributed by atoms with van der Waals surface area (Å²) in [4.78, 5) is 12.5. The molecule has 3 atom stereocenters. The summed E-state index contributed by atoms with van der Waals surface area (Å²) in [6.07, 6.45) is 8.32. The Morgan fingerprint density at radius 2 is 1.90 bits per heavy atom. The molecule has 0 spiro atoms. The quantitative estimate of drug-likeness (QED) is 0.724. The second-order valence-electron chi connectivity index (χ2n) is 7.17. The third-order valence-electron chi connectivity index (χ3n) is 5.41. The van der Waals surface area contributed by atoms with Crippen LogP contribution < -0.4 is 0 Å². The zero-order valence-corrected chi connectivity index (χ0v) is 13.2. The Balaban J connectivity index is 1.95. The predicted octanol–water partition coefficient (Wildman–Crippen LogP) is 4.59. The van der Waals surface area contributed by atoms with Crippen LogP contribution in [-0.4, -0.2) is 5.78 Å². The highest BCUT2D eigenvalue weighted by atomic mass is 16.1. The van der Waals surface area contributed by atoms with Gasteiger partial charge in [0.15, 0.2) is 5.78 Å². The van der Waals surface area contributed by atoms with E-state index in [1.54, 1.807) is 0 Å². The van der Waals surface area contributed by atoms with Crippen molar-refractivity contribution < 1.29 is 4.79 Å². The molecule has 0 radical (unpaired) electrons. The summed E-state index contributed by atoms with van der Waals surface area (Å²) in [5.41, 5.74) is 2.83. The van der Waals surface area contributed by atoms with E-state index >= 15 is 0 Å². The number of carbonyl (C=O) groups excluding carboxylic acids is 1. The summed E-state index contributed by atoms with van der Waals surface area (Å²) in [6, 6.07) is 10.6. The van der Waals surface area contributed by atoms with E-state index in [1.807, 2.05) is 12.1 Å². The van der Waals surface area contributed by atoms with Crippen molar-refractivity contribution in [3.63, 3.8) is 0 Å². The molecule has 1 nitrogen and oxygen atoms in total. The fourth-order valence-electron chi connectivity index (χ4n) is 4.03. The van der Waals surface area contributed by atoms with Gasteiger partial charge in [-0.15, -0.1) is 0 Å². The second kappa shape index (κ2) is 5.29. The summed E-state index contributed by atoms with van der Waals surface area (Å²) in [6.45, 7) is 6.73. The van der Waals surface area contributed by atoms with Crippen LogP contribution in [0.4, 0.5) is 0 Å². The zero-order chi connectivity index (χ0) is 15.0. The molecular weight excluding hydrogens is 256 g/mol. The third-order valence-corrected chi connectivity index (χ3v) is 5.41. The van der Waals surface area contributed by atoms with Gasteiger partial charge in [0.05, 0.1) is 0 Å². The van der Waals surface area contributed by atoms with Gasteiger partial charge >= 0.3 is 0 Å². The first-order valence-corrected chi connectivity index (χ1v) is 7.93. The molecule has 0 aromatic heterocycles. The van der Waals surface area contributed by atoms with Gasteiger partial charge in [0.1, 0.15) is 0 Å². The molecule has 2 aliphatic carbocycles. The predicted molar refractivity (Wildman–Crippen MR) is 86.9 cm³/mol. The number of hydrogen-bond donors (Lipinski definition) is 0. The van der Waals surface area contributed by atoms with Gasteiger partial charge in [-0.1, -0.05) is 61.9 Å². The Kier molecular flexibility index (Phi) is 3.61. The van der Waals surface area contributed by atoms with Gasteiger partial charge in [-0.05, 0) is 48.7 Å². The summed E-state index contributed by atoms with van der Waals surface area (Å²) < 4.78 is 0. The number of hydrogen-bond acceptors (Lipinski definition) is 1. The molecule has 0 saturated heterocycles. The number of carbonyl (C=O) groups is 1. The van der Waals surface area contributed by atoms with Crippen molar-refractivity contribution in [1.29, 1.82) is 0 Å². The van der Waals surface area contributed by atoms with Crippen LogP contribution in [0.1, 0.15) is 32.8 Å². The van der Waals surface area contributed by atoms with E-state index in [9.17, 15) is 4.79 Å². The standard InChI is InChI=1S/C20H24O/c1-14-9-10-17-19(18(21)11-12-20(17,2)3)16(14)13-15-7-5-4-6-8-15/h4-9,11-12,16-17,19H,10,13H2,1-3H3/t16-,17+,19-/m0/s1. The average molecular weight is 280 g/mol. The Bertz CT molecular complexity index is 592.